The van der Waals surface area contributed by atoms with E-state index in [1.165, 1.54) is 12.1 Å². The van der Waals surface area contributed by atoms with E-state index >= 15 is 0 Å². The predicted octanol–water partition coefficient (Wildman–Crippen LogP) is 1.76. The summed E-state index contributed by atoms with van der Waals surface area (Å²) in [5, 5.41) is 11.8. The van der Waals surface area contributed by atoms with Gasteiger partial charge >= 0.3 is 6.18 Å². The SMILES string of the molecule is CCOc1ccc(C2(O)CN(c3cccc(C(F)(F)F)c3)C3=[N+]2CCCCC3)cc1.[Br-]. The molecule has 8 heteroatoms. The topological polar surface area (TPSA) is 35.7 Å². The van der Waals surface area contributed by atoms with Gasteiger partial charge in [0.15, 0.2) is 6.54 Å². The van der Waals surface area contributed by atoms with Crippen molar-refractivity contribution in [3.8, 4) is 5.75 Å². The number of alkyl halides is 3. The minimum atomic E-state index is -4.41. The summed E-state index contributed by atoms with van der Waals surface area (Å²) in [6.45, 7) is 3.30. The predicted molar refractivity (Wildman–Crippen MR) is 109 cm³/mol. The van der Waals surface area contributed by atoms with E-state index in [9.17, 15) is 18.3 Å². The van der Waals surface area contributed by atoms with Crippen LogP contribution < -0.4 is 26.6 Å². The fourth-order valence-electron chi connectivity index (χ4n) is 4.39. The monoisotopic (exact) mass is 498 g/mol. The van der Waals surface area contributed by atoms with Gasteiger partial charge in [-0.25, -0.2) is 9.48 Å². The highest BCUT2D eigenvalue weighted by atomic mass is 79.9. The average Bonchev–Trinajstić information content (AvgIpc) is 2.87. The molecule has 0 aliphatic carbocycles. The number of ether oxygens (including phenoxy) is 1. The summed E-state index contributed by atoms with van der Waals surface area (Å²) >= 11 is 0. The van der Waals surface area contributed by atoms with E-state index in [2.05, 4.69) is 0 Å². The number of rotatable bonds is 4. The molecule has 1 unspecified atom stereocenters. The van der Waals surface area contributed by atoms with Gasteiger partial charge in [0, 0.05) is 12.0 Å². The van der Waals surface area contributed by atoms with Gasteiger partial charge in [-0.05, 0) is 68.7 Å². The number of aliphatic hydroxyl groups is 1. The largest absolute Gasteiger partial charge is 1.00 e. The molecular weight excluding hydrogens is 473 g/mol. The lowest BCUT2D eigenvalue weighted by atomic mass is 10.0. The van der Waals surface area contributed by atoms with Gasteiger partial charge < -0.3 is 26.8 Å². The highest BCUT2D eigenvalue weighted by Crippen LogP contribution is 2.38. The number of anilines is 1. The van der Waals surface area contributed by atoms with E-state index in [0.717, 1.165) is 43.3 Å². The molecule has 31 heavy (non-hydrogen) atoms. The van der Waals surface area contributed by atoms with Crippen LogP contribution in [0.15, 0.2) is 48.5 Å². The van der Waals surface area contributed by atoms with Crippen molar-refractivity contribution in [1.29, 1.82) is 0 Å². The summed E-state index contributed by atoms with van der Waals surface area (Å²) in [6, 6.07) is 12.7. The molecule has 0 saturated heterocycles. The van der Waals surface area contributed by atoms with Crippen LogP contribution in [0, 0.1) is 0 Å². The maximum absolute atomic E-state index is 13.3. The fraction of sp³-hybridized carbons (Fsp3) is 0.435. The molecule has 0 saturated carbocycles. The third-order valence-electron chi connectivity index (χ3n) is 5.84. The second-order valence-electron chi connectivity index (χ2n) is 7.79. The van der Waals surface area contributed by atoms with E-state index in [1.54, 1.807) is 6.07 Å². The van der Waals surface area contributed by atoms with E-state index < -0.39 is 17.5 Å². The molecule has 2 aliphatic rings. The van der Waals surface area contributed by atoms with Crippen molar-refractivity contribution in [3.05, 3.63) is 59.7 Å². The number of halogens is 4. The lowest BCUT2D eigenvalue weighted by molar-refractivity contribution is -0.658. The summed E-state index contributed by atoms with van der Waals surface area (Å²) in [7, 11) is 0. The van der Waals surface area contributed by atoms with Crippen LogP contribution >= 0.6 is 0 Å². The molecular formula is C23H26BrF3N2O2. The molecule has 168 valence electrons. The highest BCUT2D eigenvalue weighted by molar-refractivity contribution is 5.96. The normalized spacial score (nSPS) is 21.4. The Hall–Kier alpha value is -2.06. The summed E-state index contributed by atoms with van der Waals surface area (Å²) in [4.78, 5) is 1.84. The van der Waals surface area contributed by atoms with Crippen molar-refractivity contribution in [2.24, 2.45) is 0 Å². The first-order valence-corrected chi connectivity index (χ1v) is 10.4. The number of benzene rings is 2. The summed E-state index contributed by atoms with van der Waals surface area (Å²) in [6.07, 6.45) is -0.791. The summed E-state index contributed by atoms with van der Waals surface area (Å²) < 4.78 is 47.3. The Kier molecular flexibility index (Phi) is 7.01. The molecule has 2 aliphatic heterocycles. The van der Waals surface area contributed by atoms with Crippen molar-refractivity contribution in [1.82, 2.24) is 0 Å². The van der Waals surface area contributed by atoms with Crippen LogP contribution in [0.25, 0.3) is 0 Å². The van der Waals surface area contributed by atoms with E-state index in [1.807, 2.05) is 40.7 Å². The van der Waals surface area contributed by atoms with Crippen molar-refractivity contribution in [2.75, 3.05) is 24.6 Å². The molecule has 2 aromatic rings. The Balaban J connectivity index is 0.00000272. The molecule has 0 bridgehead atoms. The molecule has 0 radical (unpaired) electrons. The van der Waals surface area contributed by atoms with E-state index in [-0.39, 0.29) is 23.5 Å². The zero-order valence-electron chi connectivity index (χ0n) is 17.3. The summed E-state index contributed by atoms with van der Waals surface area (Å²) in [5.74, 6) is 1.60. The van der Waals surface area contributed by atoms with Crippen molar-refractivity contribution in [3.63, 3.8) is 0 Å². The van der Waals surface area contributed by atoms with Gasteiger partial charge in [-0.3, -0.25) is 0 Å². The van der Waals surface area contributed by atoms with Gasteiger partial charge in [-0.2, -0.15) is 13.2 Å². The molecule has 2 aromatic carbocycles. The van der Waals surface area contributed by atoms with Crippen LogP contribution in [0.5, 0.6) is 5.75 Å². The van der Waals surface area contributed by atoms with Gasteiger partial charge in [0.1, 0.15) is 11.4 Å². The van der Waals surface area contributed by atoms with Crippen molar-refractivity contribution < 1.29 is 44.6 Å². The zero-order valence-corrected chi connectivity index (χ0v) is 18.9. The van der Waals surface area contributed by atoms with Gasteiger partial charge in [-0.15, -0.1) is 0 Å². The van der Waals surface area contributed by atoms with Gasteiger partial charge in [0.25, 0.3) is 11.6 Å². The Morgan fingerprint density at radius 2 is 1.84 bits per heavy atom. The maximum atomic E-state index is 13.3. The van der Waals surface area contributed by atoms with E-state index in [4.69, 9.17) is 4.74 Å². The van der Waals surface area contributed by atoms with Crippen LogP contribution in [0.3, 0.4) is 0 Å². The molecule has 1 N–H and O–H groups in total. The number of hydrogen-bond donors (Lipinski definition) is 1. The Labute approximate surface area is 190 Å². The lowest BCUT2D eigenvalue weighted by Crippen LogP contribution is -3.00. The molecule has 4 rings (SSSR count). The molecule has 2 heterocycles. The minimum Gasteiger partial charge on any atom is -1.00 e. The molecule has 0 fully saturated rings. The Bertz CT molecular complexity index is 947. The first kappa shape index (κ1) is 23.6. The van der Waals surface area contributed by atoms with Crippen molar-refractivity contribution in [2.45, 2.75) is 44.5 Å². The third kappa shape index (κ3) is 4.60. The smallest absolute Gasteiger partial charge is 0.416 e. The van der Waals surface area contributed by atoms with Crippen LogP contribution in [0.1, 0.15) is 43.7 Å². The lowest BCUT2D eigenvalue weighted by Gasteiger charge is -2.24. The minimum absolute atomic E-state index is 0. The van der Waals surface area contributed by atoms with Crippen LogP contribution in [-0.4, -0.2) is 35.2 Å². The first-order valence-electron chi connectivity index (χ1n) is 10.4. The fourth-order valence-corrected chi connectivity index (χ4v) is 4.39. The molecule has 1 atom stereocenters. The van der Waals surface area contributed by atoms with Gasteiger partial charge in [0.2, 0.25) is 0 Å². The highest BCUT2D eigenvalue weighted by Gasteiger charge is 2.52. The molecule has 0 amide bonds. The second kappa shape index (κ2) is 9.20. The number of hydrogen-bond acceptors (Lipinski definition) is 3. The quantitative estimate of drug-likeness (QED) is 0.652. The van der Waals surface area contributed by atoms with Gasteiger partial charge in [-0.1, -0.05) is 6.07 Å². The maximum Gasteiger partial charge on any atom is 0.416 e. The van der Waals surface area contributed by atoms with Crippen LogP contribution in [0.4, 0.5) is 18.9 Å². The number of β-amino-alcohol motifs (C(OH)–C–C–N with tert-alkyl or cyclic N) is 1. The average molecular weight is 499 g/mol. The third-order valence-corrected chi connectivity index (χ3v) is 5.84. The number of amidine groups is 1. The number of nitrogens with zero attached hydrogens (tertiary/aromatic N) is 2. The standard InChI is InChI=1S/C23H26F3N2O2.BrH/c1-2-30-20-12-10-17(11-13-20)22(29)16-27(21-9-4-3-5-14-28(21)22)19-8-6-7-18(15-19)23(24,25)26;/h6-8,10-13,15,29H,2-5,9,14,16H2,1H3;1H/q+1;/p-1. The van der Waals surface area contributed by atoms with Gasteiger partial charge in [0.05, 0.1) is 18.7 Å². The molecule has 0 aromatic heterocycles. The van der Waals surface area contributed by atoms with Crippen LogP contribution in [-0.2, 0) is 11.9 Å². The Morgan fingerprint density at radius 3 is 2.52 bits per heavy atom. The molecule has 4 nitrogen and oxygen atoms in total. The first-order chi connectivity index (χ1) is 14.3. The second-order valence-corrected chi connectivity index (χ2v) is 7.79. The Morgan fingerprint density at radius 1 is 1.10 bits per heavy atom. The van der Waals surface area contributed by atoms with Crippen molar-refractivity contribution >= 4 is 11.5 Å². The van der Waals surface area contributed by atoms with Crippen LogP contribution in [0.2, 0.25) is 0 Å². The zero-order chi connectivity index (χ0) is 21.4. The summed E-state index contributed by atoms with van der Waals surface area (Å²) in [5.41, 5.74) is -0.829. The van der Waals surface area contributed by atoms with E-state index in [0.29, 0.717) is 24.4 Å². The molecule has 0 spiro atoms.